The van der Waals surface area contributed by atoms with Crippen LogP contribution < -0.4 is 0 Å². The lowest BCUT2D eigenvalue weighted by Crippen LogP contribution is -2.37. The standard InChI is InChI=1S/C10H14BrNOS/c11-10-4-8(7-14-10)5-12-3-1-2-9(13)6-12/h4,7,9,13H,1-3,5-6H2/t9-/m1/s1. The Morgan fingerprint density at radius 3 is 3.14 bits per heavy atom. The first-order valence-electron chi connectivity index (χ1n) is 4.87. The molecule has 78 valence electrons. The molecule has 1 aliphatic heterocycles. The van der Waals surface area contributed by atoms with Gasteiger partial charge in [-0.2, -0.15) is 0 Å². The zero-order valence-electron chi connectivity index (χ0n) is 7.95. The highest BCUT2D eigenvalue weighted by Crippen LogP contribution is 2.22. The van der Waals surface area contributed by atoms with Gasteiger partial charge in [-0.1, -0.05) is 0 Å². The summed E-state index contributed by atoms with van der Waals surface area (Å²) in [6.07, 6.45) is 1.96. The van der Waals surface area contributed by atoms with Crippen LogP contribution in [0.25, 0.3) is 0 Å². The average molecular weight is 276 g/mol. The summed E-state index contributed by atoms with van der Waals surface area (Å²) in [6, 6.07) is 2.16. The highest BCUT2D eigenvalue weighted by molar-refractivity contribution is 9.11. The minimum absolute atomic E-state index is 0.120. The quantitative estimate of drug-likeness (QED) is 0.897. The van der Waals surface area contributed by atoms with E-state index in [2.05, 4.69) is 32.3 Å². The van der Waals surface area contributed by atoms with E-state index in [1.807, 2.05) is 0 Å². The number of β-amino-alcohol motifs (C(OH)–C–C–N with tert-alkyl or cyclic N) is 1. The van der Waals surface area contributed by atoms with Crippen LogP contribution in [0.5, 0.6) is 0 Å². The van der Waals surface area contributed by atoms with Crippen LogP contribution in [0.1, 0.15) is 18.4 Å². The van der Waals surface area contributed by atoms with Crippen LogP contribution in [-0.2, 0) is 6.54 Å². The van der Waals surface area contributed by atoms with E-state index in [0.29, 0.717) is 0 Å². The summed E-state index contributed by atoms with van der Waals surface area (Å²) >= 11 is 5.18. The molecule has 4 heteroatoms. The van der Waals surface area contributed by atoms with Crippen molar-refractivity contribution in [2.45, 2.75) is 25.5 Å². The van der Waals surface area contributed by atoms with Gasteiger partial charge in [0.1, 0.15) is 0 Å². The summed E-state index contributed by atoms with van der Waals surface area (Å²) < 4.78 is 1.19. The molecule has 0 bridgehead atoms. The number of nitrogens with zero attached hydrogens (tertiary/aromatic N) is 1. The van der Waals surface area contributed by atoms with Crippen LogP contribution in [0.2, 0.25) is 0 Å². The first kappa shape index (κ1) is 10.6. The molecule has 1 aliphatic rings. The van der Waals surface area contributed by atoms with Gasteiger partial charge in [0.15, 0.2) is 0 Å². The van der Waals surface area contributed by atoms with Crippen LogP contribution in [0.3, 0.4) is 0 Å². The number of aliphatic hydroxyl groups excluding tert-OH is 1. The van der Waals surface area contributed by atoms with Crippen LogP contribution in [0.15, 0.2) is 15.2 Å². The molecule has 1 N–H and O–H groups in total. The zero-order chi connectivity index (χ0) is 9.97. The summed E-state index contributed by atoms with van der Waals surface area (Å²) in [5, 5.41) is 11.7. The number of thiophene rings is 1. The number of likely N-dealkylation sites (tertiary alicyclic amines) is 1. The van der Waals surface area contributed by atoms with Gasteiger partial charge in [0, 0.05) is 13.1 Å². The van der Waals surface area contributed by atoms with Gasteiger partial charge in [-0.05, 0) is 52.3 Å². The lowest BCUT2D eigenvalue weighted by atomic mass is 10.1. The third-order valence-electron chi connectivity index (χ3n) is 2.51. The summed E-state index contributed by atoms with van der Waals surface area (Å²) in [5.74, 6) is 0. The summed E-state index contributed by atoms with van der Waals surface area (Å²) in [6.45, 7) is 2.91. The first-order valence-corrected chi connectivity index (χ1v) is 6.54. The minimum atomic E-state index is -0.120. The molecule has 1 fully saturated rings. The van der Waals surface area contributed by atoms with E-state index in [9.17, 15) is 5.11 Å². The predicted octanol–water partition coefficient (Wildman–Crippen LogP) is 2.47. The molecule has 1 atom stereocenters. The van der Waals surface area contributed by atoms with Crippen molar-refractivity contribution in [3.63, 3.8) is 0 Å². The van der Waals surface area contributed by atoms with Gasteiger partial charge < -0.3 is 5.11 Å². The van der Waals surface area contributed by atoms with Crippen molar-refractivity contribution < 1.29 is 5.11 Å². The Balaban J connectivity index is 1.90. The van der Waals surface area contributed by atoms with Crippen molar-refractivity contribution in [3.05, 3.63) is 20.8 Å². The third-order valence-corrected chi connectivity index (χ3v) is 4.06. The maximum absolute atomic E-state index is 9.51. The Bertz CT molecular complexity index is 302. The van der Waals surface area contributed by atoms with Gasteiger partial charge in [-0.3, -0.25) is 4.90 Å². The number of rotatable bonds is 2. The molecule has 0 amide bonds. The molecule has 1 saturated heterocycles. The Morgan fingerprint density at radius 2 is 2.50 bits per heavy atom. The van der Waals surface area contributed by atoms with Crippen LogP contribution in [-0.4, -0.2) is 29.2 Å². The maximum Gasteiger partial charge on any atom is 0.0701 e. The van der Waals surface area contributed by atoms with E-state index in [1.54, 1.807) is 11.3 Å². The fourth-order valence-electron chi connectivity index (χ4n) is 1.86. The SMILES string of the molecule is O[C@@H]1CCCN(Cc2csc(Br)c2)C1. The highest BCUT2D eigenvalue weighted by Gasteiger charge is 2.17. The van der Waals surface area contributed by atoms with Crippen molar-refractivity contribution in [2.24, 2.45) is 0 Å². The topological polar surface area (TPSA) is 23.5 Å². The van der Waals surface area contributed by atoms with Crippen LogP contribution in [0.4, 0.5) is 0 Å². The normalized spacial score (nSPS) is 24.0. The Morgan fingerprint density at radius 1 is 1.64 bits per heavy atom. The molecule has 0 saturated carbocycles. The maximum atomic E-state index is 9.51. The average Bonchev–Trinajstić information content (AvgIpc) is 2.51. The fraction of sp³-hybridized carbons (Fsp3) is 0.600. The van der Waals surface area contributed by atoms with Crippen molar-refractivity contribution >= 4 is 27.3 Å². The predicted molar refractivity (Wildman–Crippen MR) is 62.5 cm³/mol. The fourth-order valence-corrected chi connectivity index (χ4v) is 3.06. The largest absolute Gasteiger partial charge is 0.392 e. The molecule has 1 aromatic rings. The third kappa shape index (κ3) is 2.79. The molecule has 14 heavy (non-hydrogen) atoms. The Hall–Kier alpha value is 0.100. The van der Waals surface area contributed by atoms with Gasteiger partial charge in [0.25, 0.3) is 0 Å². The number of halogens is 1. The van der Waals surface area contributed by atoms with Crippen molar-refractivity contribution in [1.82, 2.24) is 4.90 Å². The van der Waals surface area contributed by atoms with E-state index in [1.165, 1.54) is 9.35 Å². The number of hydrogen-bond donors (Lipinski definition) is 1. The molecule has 2 rings (SSSR count). The lowest BCUT2D eigenvalue weighted by molar-refractivity contribution is 0.0669. The van der Waals surface area contributed by atoms with Gasteiger partial charge in [-0.15, -0.1) is 11.3 Å². The second kappa shape index (κ2) is 4.75. The number of hydrogen-bond acceptors (Lipinski definition) is 3. The molecule has 1 aromatic heterocycles. The molecular weight excluding hydrogens is 262 g/mol. The summed E-state index contributed by atoms with van der Waals surface area (Å²) in [4.78, 5) is 2.32. The summed E-state index contributed by atoms with van der Waals surface area (Å²) in [5.41, 5.74) is 1.34. The van der Waals surface area contributed by atoms with E-state index < -0.39 is 0 Å². The molecule has 2 heterocycles. The van der Waals surface area contributed by atoms with E-state index >= 15 is 0 Å². The molecule has 0 radical (unpaired) electrons. The molecule has 2 nitrogen and oxygen atoms in total. The molecular formula is C10H14BrNOS. The van der Waals surface area contributed by atoms with Crippen molar-refractivity contribution in [1.29, 1.82) is 0 Å². The van der Waals surface area contributed by atoms with Crippen LogP contribution >= 0.6 is 27.3 Å². The van der Waals surface area contributed by atoms with Crippen LogP contribution in [0, 0.1) is 0 Å². The number of aliphatic hydroxyl groups is 1. The van der Waals surface area contributed by atoms with E-state index in [4.69, 9.17) is 0 Å². The monoisotopic (exact) mass is 275 g/mol. The second-order valence-electron chi connectivity index (χ2n) is 3.79. The van der Waals surface area contributed by atoms with Gasteiger partial charge in [0.05, 0.1) is 9.89 Å². The first-order chi connectivity index (χ1) is 6.74. The van der Waals surface area contributed by atoms with E-state index in [-0.39, 0.29) is 6.10 Å². The Kier molecular flexibility index (Phi) is 3.60. The van der Waals surface area contributed by atoms with Gasteiger partial charge >= 0.3 is 0 Å². The lowest BCUT2D eigenvalue weighted by Gasteiger charge is -2.29. The summed E-state index contributed by atoms with van der Waals surface area (Å²) in [7, 11) is 0. The molecule has 0 unspecified atom stereocenters. The highest BCUT2D eigenvalue weighted by atomic mass is 79.9. The smallest absolute Gasteiger partial charge is 0.0701 e. The number of piperidine rings is 1. The molecule has 0 spiro atoms. The van der Waals surface area contributed by atoms with E-state index in [0.717, 1.165) is 32.5 Å². The van der Waals surface area contributed by atoms with Crippen molar-refractivity contribution in [3.8, 4) is 0 Å². The molecule has 0 aromatic carbocycles. The Labute approximate surface area is 96.7 Å². The molecule has 0 aliphatic carbocycles. The van der Waals surface area contributed by atoms with Gasteiger partial charge in [0.2, 0.25) is 0 Å². The van der Waals surface area contributed by atoms with Gasteiger partial charge in [-0.25, -0.2) is 0 Å². The second-order valence-corrected chi connectivity index (χ2v) is 6.08. The minimum Gasteiger partial charge on any atom is -0.392 e. The zero-order valence-corrected chi connectivity index (χ0v) is 10.4. The van der Waals surface area contributed by atoms with Crippen molar-refractivity contribution in [2.75, 3.05) is 13.1 Å².